The van der Waals surface area contributed by atoms with Crippen molar-refractivity contribution >= 4 is 17.6 Å². The minimum atomic E-state index is 0. The molecule has 1 aliphatic rings. The summed E-state index contributed by atoms with van der Waals surface area (Å²) in [5.74, 6) is 2.23. The minimum Gasteiger partial charge on any atom is -0.368 e. The van der Waals surface area contributed by atoms with Gasteiger partial charge in [-0.25, -0.2) is 4.98 Å². The molecule has 0 saturated heterocycles. The molecule has 1 aromatic heterocycles. The average molecular weight is 182 g/mol. The van der Waals surface area contributed by atoms with E-state index in [1.54, 1.807) is 0 Å². The first-order valence-electron chi connectivity index (χ1n) is 4.26. The van der Waals surface area contributed by atoms with Crippen LogP contribution in [0.15, 0.2) is 17.0 Å². The quantitative estimate of drug-likeness (QED) is 0.722. The van der Waals surface area contributed by atoms with Gasteiger partial charge in [0.05, 0.1) is 0 Å². The molecule has 2 nitrogen and oxygen atoms in total. The molecule has 0 bridgehead atoms. The Morgan fingerprint density at radius 2 is 2.58 bits per heavy atom. The lowest BCUT2D eigenvalue weighted by Crippen LogP contribution is -2.12. The molecule has 0 fully saturated rings. The van der Waals surface area contributed by atoms with E-state index < -0.39 is 0 Å². The first-order chi connectivity index (χ1) is 5.90. The molecule has 2 rings (SSSR count). The summed E-state index contributed by atoms with van der Waals surface area (Å²) < 4.78 is 0. The summed E-state index contributed by atoms with van der Waals surface area (Å²) in [6.45, 7) is 3.17. The van der Waals surface area contributed by atoms with E-state index in [1.165, 1.54) is 10.6 Å². The van der Waals surface area contributed by atoms with Gasteiger partial charge >= 0.3 is 0 Å². The Labute approximate surface area is 78.3 Å². The van der Waals surface area contributed by atoms with Crippen molar-refractivity contribution in [1.82, 2.24) is 4.98 Å². The summed E-state index contributed by atoms with van der Waals surface area (Å²) in [5.41, 5.74) is 1.17. The molecule has 1 N–H and O–H groups in total. The van der Waals surface area contributed by atoms with Crippen LogP contribution in [0.5, 0.6) is 0 Å². The Balaban J connectivity index is 0.000000845. The largest absolute Gasteiger partial charge is 0.368 e. The third-order valence-electron chi connectivity index (χ3n) is 1.93. The van der Waals surface area contributed by atoms with E-state index in [0.29, 0.717) is 0 Å². The van der Waals surface area contributed by atoms with Crippen molar-refractivity contribution < 1.29 is 1.43 Å². The van der Waals surface area contributed by atoms with E-state index >= 15 is 0 Å². The number of aryl methyl sites for hydroxylation is 1. The summed E-state index contributed by atoms with van der Waals surface area (Å²) in [7, 11) is 0. The normalized spacial score (nSPS) is 15.1. The van der Waals surface area contributed by atoms with Crippen molar-refractivity contribution in [1.29, 1.82) is 0 Å². The molecule has 0 atom stereocenters. The number of nitrogens with one attached hydrogen (secondary N) is 1. The van der Waals surface area contributed by atoms with Gasteiger partial charge in [-0.1, -0.05) is 6.92 Å². The molecule has 0 aliphatic carbocycles. The number of rotatable bonds is 1. The molecule has 0 saturated carbocycles. The van der Waals surface area contributed by atoms with Crippen LogP contribution in [0.3, 0.4) is 0 Å². The summed E-state index contributed by atoms with van der Waals surface area (Å²) in [6.07, 6.45) is 1.01. The van der Waals surface area contributed by atoms with Crippen molar-refractivity contribution in [3.05, 3.63) is 17.8 Å². The van der Waals surface area contributed by atoms with Gasteiger partial charge in [-0.05, 0) is 18.6 Å². The number of pyridine rings is 1. The number of thioether (sulfide) groups is 1. The van der Waals surface area contributed by atoms with E-state index in [1.807, 2.05) is 11.8 Å². The predicted molar refractivity (Wildman–Crippen MR) is 54.9 cm³/mol. The van der Waals surface area contributed by atoms with Gasteiger partial charge < -0.3 is 5.32 Å². The van der Waals surface area contributed by atoms with Crippen LogP contribution in [0.25, 0.3) is 0 Å². The molecule has 1 aliphatic heterocycles. The first-order valence-corrected chi connectivity index (χ1v) is 5.25. The van der Waals surface area contributed by atoms with Gasteiger partial charge in [-0.2, -0.15) is 0 Å². The number of anilines is 1. The number of hydrogen-bond donors (Lipinski definition) is 1. The SMILES string of the molecule is CCc1ccc2c(n1)NCCS2.[HH]. The topological polar surface area (TPSA) is 24.9 Å². The van der Waals surface area contributed by atoms with Gasteiger partial charge in [-0.3, -0.25) is 0 Å². The fraction of sp³-hybridized carbons (Fsp3) is 0.444. The van der Waals surface area contributed by atoms with E-state index in [0.717, 1.165) is 24.5 Å². The lowest BCUT2D eigenvalue weighted by molar-refractivity contribution is 0.996. The van der Waals surface area contributed by atoms with E-state index in [4.69, 9.17) is 0 Å². The lowest BCUT2D eigenvalue weighted by Gasteiger charge is -2.16. The Morgan fingerprint density at radius 3 is 3.42 bits per heavy atom. The number of nitrogens with zero attached hydrogens (tertiary/aromatic N) is 1. The second-order valence-electron chi connectivity index (χ2n) is 2.78. The van der Waals surface area contributed by atoms with Crippen molar-refractivity contribution in [3.63, 3.8) is 0 Å². The van der Waals surface area contributed by atoms with Crippen LogP contribution in [0.1, 0.15) is 14.0 Å². The van der Waals surface area contributed by atoms with Crippen LogP contribution in [0.4, 0.5) is 5.82 Å². The van der Waals surface area contributed by atoms with Crippen molar-refractivity contribution in [3.8, 4) is 0 Å². The van der Waals surface area contributed by atoms with Crippen LogP contribution in [0.2, 0.25) is 0 Å². The number of hydrogen-bond acceptors (Lipinski definition) is 3. The Bertz CT molecular complexity index is 291. The molecule has 0 aromatic carbocycles. The minimum absolute atomic E-state index is 0. The molecule has 0 amide bonds. The zero-order valence-electron chi connectivity index (χ0n) is 7.13. The van der Waals surface area contributed by atoms with Gasteiger partial charge in [0.25, 0.3) is 0 Å². The van der Waals surface area contributed by atoms with E-state index in [-0.39, 0.29) is 1.43 Å². The molecule has 66 valence electrons. The van der Waals surface area contributed by atoms with Gasteiger partial charge in [0.15, 0.2) is 0 Å². The number of fused-ring (bicyclic) bond motifs is 1. The maximum atomic E-state index is 4.50. The third kappa shape index (κ3) is 1.41. The van der Waals surface area contributed by atoms with Crippen molar-refractivity contribution in [2.24, 2.45) is 0 Å². The summed E-state index contributed by atoms with van der Waals surface area (Å²) in [6, 6.07) is 4.27. The van der Waals surface area contributed by atoms with Crippen LogP contribution < -0.4 is 5.32 Å². The highest BCUT2D eigenvalue weighted by Gasteiger charge is 2.09. The number of aromatic nitrogens is 1. The smallest absolute Gasteiger partial charge is 0.140 e. The lowest BCUT2D eigenvalue weighted by atomic mass is 10.3. The molecule has 0 spiro atoms. The molecule has 0 radical (unpaired) electrons. The molecule has 2 heterocycles. The van der Waals surface area contributed by atoms with Crippen molar-refractivity contribution in [2.75, 3.05) is 17.6 Å². The highest BCUT2D eigenvalue weighted by molar-refractivity contribution is 7.99. The van der Waals surface area contributed by atoms with Gasteiger partial charge in [0.2, 0.25) is 0 Å². The highest BCUT2D eigenvalue weighted by Crippen LogP contribution is 2.28. The summed E-state index contributed by atoms with van der Waals surface area (Å²) in [5, 5.41) is 3.31. The van der Waals surface area contributed by atoms with Crippen LogP contribution in [0, 0.1) is 0 Å². The standard InChI is InChI=1S/C9H12N2S.H2/c1-2-7-3-4-8-9(11-7)10-5-6-12-8;/h3-4H,2,5-6H2,1H3,(H,10,11);1H. The van der Waals surface area contributed by atoms with Gasteiger partial charge in [0.1, 0.15) is 5.82 Å². The Hall–Kier alpha value is -0.700. The molecule has 3 heteroatoms. The van der Waals surface area contributed by atoms with Crippen LogP contribution in [-0.2, 0) is 6.42 Å². The fourth-order valence-corrected chi connectivity index (χ4v) is 2.10. The molecular formula is C9H14N2S. The monoisotopic (exact) mass is 182 g/mol. The predicted octanol–water partition coefficient (Wildman–Crippen LogP) is 2.41. The summed E-state index contributed by atoms with van der Waals surface area (Å²) >= 11 is 1.88. The van der Waals surface area contributed by atoms with E-state index in [2.05, 4.69) is 29.4 Å². The maximum Gasteiger partial charge on any atom is 0.140 e. The zero-order valence-corrected chi connectivity index (χ0v) is 7.95. The average Bonchev–Trinajstić information content (AvgIpc) is 2.17. The Morgan fingerprint density at radius 1 is 1.67 bits per heavy atom. The van der Waals surface area contributed by atoms with Crippen LogP contribution in [-0.4, -0.2) is 17.3 Å². The summed E-state index contributed by atoms with van der Waals surface area (Å²) in [4.78, 5) is 5.79. The molecule has 0 unspecified atom stereocenters. The molecule has 1 aromatic rings. The van der Waals surface area contributed by atoms with Gasteiger partial charge in [0, 0.05) is 24.3 Å². The highest BCUT2D eigenvalue weighted by atomic mass is 32.2. The van der Waals surface area contributed by atoms with Gasteiger partial charge in [-0.15, -0.1) is 11.8 Å². The third-order valence-corrected chi connectivity index (χ3v) is 2.98. The first kappa shape index (κ1) is 7.92. The molecular weight excluding hydrogens is 168 g/mol. The van der Waals surface area contributed by atoms with Crippen LogP contribution >= 0.6 is 11.8 Å². The van der Waals surface area contributed by atoms with E-state index in [9.17, 15) is 0 Å². The Kier molecular flexibility index (Phi) is 2.21. The van der Waals surface area contributed by atoms with Crippen molar-refractivity contribution in [2.45, 2.75) is 18.2 Å². The second-order valence-corrected chi connectivity index (χ2v) is 3.91. The zero-order chi connectivity index (χ0) is 8.39. The molecule has 12 heavy (non-hydrogen) atoms. The maximum absolute atomic E-state index is 4.50. The second kappa shape index (κ2) is 3.35. The fourth-order valence-electron chi connectivity index (χ4n) is 1.26.